The van der Waals surface area contributed by atoms with Crippen LogP contribution in [-0.4, -0.2) is 5.78 Å². The molecular weight excluding hydrogens is 220 g/mol. The predicted octanol–water partition coefficient (Wildman–Crippen LogP) is 4.73. The lowest BCUT2D eigenvalue weighted by molar-refractivity contribution is 0.0983. The molecule has 1 heteroatoms. The molecule has 1 aromatic carbocycles. The quantitative estimate of drug-likeness (QED) is 0.519. The SMILES string of the molecule is C=C(CCC(=O)c1ccccc1)/C(C)=C\C=C/C. The van der Waals surface area contributed by atoms with Gasteiger partial charge in [-0.15, -0.1) is 0 Å². The Bertz CT molecular complexity index is 464. The van der Waals surface area contributed by atoms with E-state index < -0.39 is 0 Å². The van der Waals surface area contributed by atoms with Gasteiger partial charge in [0, 0.05) is 12.0 Å². The Morgan fingerprint density at radius 1 is 1.22 bits per heavy atom. The summed E-state index contributed by atoms with van der Waals surface area (Å²) in [6.07, 6.45) is 7.22. The minimum absolute atomic E-state index is 0.176. The molecule has 0 spiro atoms. The van der Waals surface area contributed by atoms with Crippen molar-refractivity contribution in [2.24, 2.45) is 0 Å². The summed E-state index contributed by atoms with van der Waals surface area (Å²) >= 11 is 0. The monoisotopic (exact) mass is 240 g/mol. The predicted molar refractivity (Wildman–Crippen MR) is 77.7 cm³/mol. The third-order valence-corrected chi connectivity index (χ3v) is 2.85. The molecule has 0 saturated carbocycles. The first-order valence-electron chi connectivity index (χ1n) is 6.21. The number of Topliss-reactive ketones (excluding diaryl/α,β-unsaturated/α-hetero) is 1. The molecule has 18 heavy (non-hydrogen) atoms. The molecular formula is C17H20O. The molecule has 0 radical (unpaired) electrons. The summed E-state index contributed by atoms with van der Waals surface area (Å²) in [5, 5.41) is 0. The zero-order valence-electron chi connectivity index (χ0n) is 11.1. The van der Waals surface area contributed by atoms with E-state index in [2.05, 4.69) is 6.58 Å². The molecule has 0 atom stereocenters. The molecule has 1 nitrogen and oxygen atoms in total. The van der Waals surface area contributed by atoms with Crippen LogP contribution in [0.4, 0.5) is 0 Å². The maximum Gasteiger partial charge on any atom is 0.163 e. The molecule has 0 aliphatic carbocycles. The Kier molecular flexibility index (Phi) is 5.86. The van der Waals surface area contributed by atoms with Crippen molar-refractivity contribution in [3.05, 3.63) is 71.8 Å². The highest BCUT2D eigenvalue weighted by Crippen LogP contribution is 2.15. The molecule has 0 N–H and O–H groups in total. The van der Waals surface area contributed by atoms with E-state index in [1.165, 1.54) is 0 Å². The van der Waals surface area contributed by atoms with Crippen LogP contribution in [0.3, 0.4) is 0 Å². The van der Waals surface area contributed by atoms with Crippen molar-refractivity contribution in [1.82, 2.24) is 0 Å². The summed E-state index contributed by atoms with van der Waals surface area (Å²) in [6, 6.07) is 9.40. The van der Waals surface area contributed by atoms with Crippen molar-refractivity contribution in [3.8, 4) is 0 Å². The maximum atomic E-state index is 11.9. The van der Waals surface area contributed by atoms with Gasteiger partial charge in [0.05, 0.1) is 0 Å². The Morgan fingerprint density at radius 3 is 2.50 bits per heavy atom. The van der Waals surface area contributed by atoms with Crippen molar-refractivity contribution in [3.63, 3.8) is 0 Å². The molecule has 0 fully saturated rings. The van der Waals surface area contributed by atoms with Crippen LogP contribution in [0, 0.1) is 0 Å². The van der Waals surface area contributed by atoms with E-state index in [0.29, 0.717) is 12.8 Å². The molecule has 1 aromatic rings. The van der Waals surface area contributed by atoms with E-state index in [9.17, 15) is 4.79 Å². The Morgan fingerprint density at radius 2 is 1.89 bits per heavy atom. The fourth-order valence-corrected chi connectivity index (χ4v) is 1.59. The van der Waals surface area contributed by atoms with Crippen LogP contribution in [-0.2, 0) is 0 Å². The lowest BCUT2D eigenvalue weighted by Crippen LogP contribution is -1.99. The fourth-order valence-electron chi connectivity index (χ4n) is 1.59. The van der Waals surface area contributed by atoms with Crippen LogP contribution < -0.4 is 0 Å². The van der Waals surface area contributed by atoms with E-state index in [1.807, 2.05) is 62.4 Å². The zero-order chi connectivity index (χ0) is 13.4. The molecule has 94 valence electrons. The van der Waals surface area contributed by atoms with Gasteiger partial charge in [0.15, 0.2) is 5.78 Å². The zero-order valence-corrected chi connectivity index (χ0v) is 11.1. The molecule has 0 aliphatic heterocycles. The Labute approximate surface area is 110 Å². The summed E-state index contributed by atoms with van der Waals surface area (Å²) in [5.41, 5.74) is 2.94. The summed E-state index contributed by atoms with van der Waals surface area (Å²) < 4.78 is 0. The summed E-state index contributed by atoms with van der Waals surface area (Å²) in [5.74, 6) is 0.176. The van der Waals surface area contributed by atoms with E-state index in [1.54, 1.807) is 0 Å². The van der Waals surface area contributed by atoms with Gasteiger partial charge in [-0.3, -0.25) is 4.79 Å². The highest BCUT2D eigenvalue weighted by atomic mass is 16.1. The minimum atomic E-state index is 0.176. The van der Waals surface area contributed by atoms with Crippen LogP contribution in [0.15, 0.2) is 66.3 Å². The van der Waals surface area contributed by atoms with Gasteiger partial charge in [-0.1, -0.05) is 60.7 Å². The highest BCUT2D eigenvalue weighted by Gasteiger charge is 2.06. The van der Waals surface area contributed by atoms with Gasteiger partial charge in [-0.05, 0) is 25.8 Å². The first-order valence-corrected chi connectivity index (χ1v) is 6.21. The van der Waals surface area contributed by atoms with Gasteiger partial charge in [-0.2, -0.15) is 0 Å². The topological polar surface area (TPSA) is 17.1 Å². The Hall–Kier alpha value is -1.89. The molecule has 0 heterocycles. The average molecular weight is 240 g/mol. The molecule has 0 aliphatic rings. The Balaban J connectivity index is 2.51. The van der Waals surface area contributed by atoms with Crippen molar-refractivity contribution in [2.75, 3.05) is 0 Å². The third kappa shape index (κ3) is 4.54. The van der Waals surface area contributed by atoms with Crippen LogP contribution in [0.1, 0.15) is 37.0 Å². The molecule has 1 rings (SSSR count). The number of hydrogen-bond donors (Lipinski definition) is 0. The van der Waals surface area contributed by atoms with Gasteiger partial charge < -0.3 is 0 Å². The van der Waals surface area contributed by atoms with Gasteiger partial charge in [0.25, 0.3) is 0 Å². The van der Waals surface area contributed by atoms with Crippen LogP contribution in [0.5, 0.6) is 0 Å². The van der Waals surface area contributed by atoms with Crippen molar-refractivity contribution < 1.29 is 4.79 Å². The average Bonchev–Trinajstić information content (AvgIpc) is 2.42. The normalized spacial score (nSPS) is 11.8. The van der Waals surface area contributed by atoms with Gasteiger partial charge >= 0.3 is 0 Å². The summed E-state index contributed by atoms with van der Waals surface area (Å²) in [6.45, 7) is 8.02. The number of carbonyl (C=O) groups is 1. The number of rotatable bonds is 6. The van der Waals surface area contributed by atoms with Crippen LogP contribution >= 0.6 is 0 Å². The lowest BCUT2D eigenvalue weighted by atomic mass is 9.99. The van der Waals surface area contributed by atoms with Crippen molar-refractivity contribution in [2.45, 2.75) is 26.7 Å². The first kappa shape index (κ1) is 14.2. The van der Waals surface area contributed by atoms with Gasteiger partial charge in [0.1, 0.15) is 0 Å². The lowest BCUT2D eigenvalue weighted by Gasteiger charge is -2.05. The van der Waals surface area contributed by atoms with Gasteiger partial charge in [0.2, 0.25) is 0 Å². The highest BCUT2D eigenvalue weighted by molar-refractivity contribution is 5.96. The van der Waals surface area contributed by atoms with E-state index >= 15 is 0 Å². The number of ketones is 1. The smallest absolute Gasteiger partial charge is 0.163 e. The van der Waals surface area contributed by atoms with Crippen LogP contribution in [0.25, 0.3) is 0 Å². The van der Waals surface area contributed by atoms with Gasteiger partial charge in [-0.25, -0.2) is 0 Å². The van der Waals surface area contributed by atoms with Crippen LogP contribution in [0.2, 0.25) is 0 Å². The second-order valence-electron chi connectivity index (χ2n) is 4.27. The molecule has 0 unspecified atom stereocenters. The van der Waals surface area contributed by atoms with E-state index in [4.69, 9.17) is 0 Å². The van der Waals surface area contributed by atoms with Crippen molar-refractivity contribution >= 4 is 5.78 Å². The maximum absolute atomic E-state index is 11.9. The number of allylic oxidation sites excluding steroid dienone is 5. The second-order valence-corrected chi connectivity index (χ2v) is 4.27. The van der Waals surface area contributed by atoms with E-state index in [-0.39, 0.29) is 5.78 Å². The number of carbonyl (C=O) groups excluding carboxylic acids is 1. The molecule has 0 aromatic heterocycles. The summed E-state index contributed by atoms with van der Waals surface area (Å²) in [7, 11) is 0. The number of benzene rings is 1. The third-order valence-electron chi connectivity index (χ3n) is 2.85. The summed E-state index contributed by atoms with van der Waals surface area (Å²) in [4.78, 5) is 11.9. The second kappa shape index (κ2) is 7.44. The van der Waals surface area contributed by atoms with Crippen molar-refractivity contribution in [1.29, 1.82) is 0 Å². The molecule has 0 amide bonds. The largest absolute Gasteiger partial charge is 0.294 e. The number of hydrogen-bond acceptors (Lipinski definition) is 1. The first-order chi connectivity index (χ1) is 8.65. The van der Waals surface area contributed by atoms with E-state index in [0.717, 1.165) is 16.7 Å². The fraction of sp³-hybridized carbons (Fsp3) is 0.235. The minimum Gasteiger partial charge on any atom is -0.294 e. The standard InChI is InChI=1S/C17H20O/c1-4-5-9-14(2)15(3)12-13-17(18)16-10-7-6-8-11-16/h4-11H,3,12-13H2,1-2H3/b5-4-,14-9-. The molecule has 0 bridgehead atoms. The molecule has 0 saturated heterocycles.